The lowest BCUT2D eigenvalue weighted by atomic mass is 10.2. The number of urea groups is 1. The summed E-state index contributed by atoms with van der Waals surface area (Å²) in [6, 6.07) is 23.1. The lowest BCUT2D eigenvalue weighted by Crippen LogP contribution is -2.20. The second-order valence-electron chi connectivity index (χ2n) is 5.35. The van der Waals surface area contributed by atoms with Gasteiger partial charge in [0, 0.05) is 15.5 Å². The third-order valence-electron chi connectivity index (χ3n) is 3.67. The predicted octanol–water partition coefficient (Wildman–Crippen LogP) is 5.54. The van der Waals surface area contributed by atoms with Gasteiger partial charge in [-0.25, -0.2) is 4.79 Å². The Morgan fingerprint density at radius 3 is 2.42 bits per heavy atom. The smallest absolute Gasteiger partial charge is 0.323 e. The van der Waals surface area contributed by atoms with Crippen molar-refractivity contribution in [3.8, 4) is 0 Å². The maximum Gasteiger partial charge on any atom is 0.323 e. The minimum atomic E-state index is -0.264. The monoisotopic (exact) mass is 333 g/mol. The number of rotatable bonds is 2. The molecule has 4 rings (SSSR count). The van der Waals surface area contributed by atoms with Gasteiger partial charge in [-0.3, -0.25) is 0 Å². The first kappa shape index (κ1) is 14.7. The van der Waals surface area contributed by atoms with E-state index in [1.807, 2.05) is 66.7 Å². The number of benzene rings is 3. The number of amides is 2. The van der Waals surface area contributed by atoms with Crippen molar-refractivity contribution in [2.24, 2.45) is 0 Å². The van der Waals surface area contributed by atoms with Gasteiger partial charge in [0.25, 0.3) is 0 Å². The molecule has 0 atom stereocenters. The predicted molar refractivity (Wildman–Crippen MR) is 99.4 cm³/mol. The number of carbonyl (C=O) groups excluding carboxylic acids is 1. The molecule has 2 amide bonds. The Kier molecular flexibility index (Phi) is 3.84. The van der Waals surface area contributed by atoms with E-state index in [-0.39, 0.29) is 6.03 Å². The van der Waals surface area contributed by atoms with Crippen molar-refractivity contribution < 1.29 is 4.79 Å². The summed E-state index contributed by atoms with van der Waals surface area (Å²) in [6.07, 6.45) is 0. The second kappa shape index (κ2) is 6.29. The van der Waals surface area contributed by atoms with Crippen molar-refractivity contribution in [2.45, 2.75) is 9.79 Å². The van der Waals surface area contributed by atoms with Crippen LogP contribution in [0.5, 0.6) is 0 Å². The van der Waals surface area contributed by atoms with Gasteiger partial charge in [-0.05, 0) is 36.4 Å². The SMILES string of the molecule is O=C(Nc1ccccc1)Nc1cccc2c1Nc1ccccc1S2. The van der Waals surface area contributed by atoms with Crippen LogP contribution in [-0.4, -0.2) is 6.03 Å². The van der Waals surface area contributed by atoms with Crippen LogP contribution >= 0.6 is 11.8 Å². The van der Waals surface area contributed by atoms with Crippen LogP contribution in [0.2, 0.25) is 0 Å². The molecule has 1 aliphatic heterocycles. The van der Waals surface area contributed by atoms with E-state index in [0.29, 0.717) is 0 Å². The maximum atomic E-state index is 12.3. The molecule has 3 aromatic carbocycles. The molecule has 0 fully saturated rings. The molecular formula is C19H15N3OS. The van der Waals surface area contributed by atoms with Gasteiger partial charge in [-0.15, -0.1) is 0 Å². The molecule has 4 nitrogen and oxygen atoms in total. The fourth-order valence-electron chi connectivity index (χ4n) is 2.57. The van der Waals surface area contributed by atoms with E-state index in [0.717, 1.165) is 27.6 Å². The van der Waals surface area contributed by atoms with Crippen molar-refractivity contribution in [1.29, 1.82) is 0 Å². The number of fused-ring (bicyclic) bond motifs is 2. The highest BCUT2D eigenvalue weighted by Crippen LogP contribution is 2.46. The first-order chi connectivity index (χ1) is 11.8. The van der Waals surface area contributed by atoms with Crippen LogP contribution in [0.1, 0.15) is 0 Å². The van der Waals surface area contributed by atoms with E-state index in [9.17, 15) is 4.79 Å². The Morgan fingerprint density at radius 2 is 1.54 bits per heavy atom. The van der Waals surface area contributed by atoms with Crippen LogP contribution in [0, 0.1) is 0 Å². The summed E-state index contributed by atoms with van der Waals surface area (Å²) in [5.41, 5.74) is 3.48. The van der Waals surface area contributed by atoms with Crippen molar-refractivity contribution in [3.05, 3.63) is 72.8 Å². The molecule has 0 spiro atoms. The van der Waals surface area contributed by atoms with Gasteiger partial charge in [0.15, 0.2) is 0 Å². The number of hydrogen-bond donors (Lipinski definition) is 3. The van der Waals surface area contributed by atoms with E-state index < -0.39 is 0 Å². The Morgan fingerprint density at radius 1 is 0.792 bits per heavy atom. The van der Waals surface area contributed by atoms with Crippen molar-refractivity contribution in [3.63, 3.8) is 0 Å². The Hall–Kier alpha value is -2.92. The number of carbonyl (C=O) groups is 1. The molecule has 0 saturated carbocycles. The van der Waals surface area contributed by atoms with Crippen molar-refractivity contribution >= 4 is 40.5 Å². The largest absolute Gasteiger partial charge is 0.352 e. The second-order valence-corrected chi connectivity index (χ2v) is 6.43. The molecule has 3 aromatic rings. The molecule has 5 heteroatoms. The molecule has 0 radical (unpaired) electrons. The number of nitrogens with one attached hydrogen (secondary N) is 3. The van der Waals surface area contributed by atoms with Crippen molar-refractivity contribution in [1.82, 2.24) is 0 Å². The molecule has 118 valence electrons. The fraction of sp³-hybridized carbons (Fsp3) is 0. The summed E-state index contributed by atoms with van der Waals surface area (Å²) < 4.78 is 0. The Balaban J connectivity index is 1.56. The summed E-state index contributed by atoms with van der Waals surface area (Å²) in [5, 5.41) is 9.17. The number of anilines is 4. The fourth-order valence-corrected chi connectivity index (χ4v) is 3.59. The van der Waals surface area contributed by atoms with Crippen LogP contribution in [0.15, 0.2) is 82.6 Å². The molecule has 1 heterocycles. The molecule has 0 aromatic heterocycles. The van der Waals surface area contributed by atoms with Crippen LogP contribution in [0.3, 0.4) is 0 Å². The van der Waals surface area contributed by atoms with E-state index in [1.165, 1.54) is 4.90 Å². The third-order valence-corrected chi connectivity index (χ3v) is 4.81. The summed E-state index contributed by atoms with van der Waals surface area (Å²) >= 11 is 1.69. The van der Waals surface area contributed by atoms with E-state index >= 15 is 0 Å². The lowest BCUT2D eigenvalue weighted by molar-refractivity contribution is 0.262. The first-order valence-corrected chi connectivity index (χ1v) is 8.41. The Bertz CT molecular complexity index is 896. The van der Waals surface area contributed by atoms with Gasteiger partial charge in [-0.1, -0.05) is 48.2 Å². The van der Waals surface area contributed by atoms with Crippen LogP contribution < -0.4 is 16.0 Å². The van der Waals surface area contributed by atoms with Crippen LogP contribution in [-0.2, 0) is 0 Å². The van der Waals surface area contributed by atoms with E-state index in [4.69, 9.17) is 0 Å². The highest BCUT2D eigenvalue weighted by atomic mass is 32.2. The van der Waals surface area contributed by atoms with Gasteiger partial charge >= 0.3 is 6.03 Å². The highest BCUT2D eigenvalue weighted by molar-refractivity contribution is 7.99. The van der Waals surface area contributed by atoms with Crippen LogP contribution in [0.4, 0.5) is 27.5 Å². The summed E-state index contributed by atoms with van der Waals surface area (Å²) in [6.45, 7) is 0. The van der Waals surface area contributed by atoms with Gasteiger partial charge in [0.05, 0.1) is 17.1 Å². The number of hydrogen-bond acceptors (Lipinski definition) is 3. The van der Waals surface area contributed by atoms with E-state index in [1.54, 1.807) is 11.8 Å². The molecule has 3 N–H and O–H groups in total. The molecule has 1 aliphatic rings. The van der Waals surface area contributed by atoms with Crippen molar-refractivity contribution in [2.75, 3.05) is 16.0 Å². The van der Waals surface area contributed by atoms with E-state index in [2.05, 4.69) is 22.0 Å². The lowest BCUT2D eigenvalue weighted by Gasteiger charge is -2.23. The molecule has 0 unspecified atom stereocenters. The zero-order valence-electron chi connectivity index (χ0n) is 12.7. The quantitative estimate of drug-likeness (QED) is 0.451. The molecule has 24 heavy (non-hydrogen) atoms. The Labute approximate surface area is 144 Å². The average Bonchev–Trinajstić information content (AvgIpc) is 2.61. The zero-order chi connectivity index (χ0) is 16.4. The molecule has 0 saturated heterocycles. The van der Waals surface area contributed by atoms with Crippen LogP contribution in [0.25, 0.3) is 0 Å². The molecular weight excluding hydrogens is 318 g/mol. The van der Waals surface area contributed by atoms with Gasteiger partial charge in [0.2, 0.25) is 0 Å². The topological polar surface area (TPSA) is 53.2 Å². The zero-order valence-corrected chi connectivity index (χ0v) is 13.6. The summed E-state index contributed by atoms with van der Waals surface area (Å²) in [4.78, 5) is 14.5. The standard InChI is InChI=1S/C19H15N3OS/c23-19(20-13-7-2-1-3-8-13)22-15-10-6-12-17-18(15)21-14-9-4-5-11-16(14)24-17/h1-12,21H,(H2,20,22,23). The minimum Gasteiger partial charge on any atom is -0.352 e. The first-order valence-electron chi connectivity index (χ1n) is 7.59. The highest BCUT2D eigenvalue weighted by Gasteiger charge is 2.18. The van der Waals surface area contributed by atoms with Gasteiger partial charge < -0.3 is 16.0 Å². The average molecular weight is 333 g/mol. The number of para-hydroxylation sites is 3. The summed E-state index contributed by atoms with van der Waals surface area (Å²) in [5.74, 6) is 0. The molecule has 0 bridgehead atoms. The van der Waals surface area contributed by atoms with Gasteiger partial charge in [-0.2, -0.15) is 0 Å². The molecule has 0 aliphatic carbocycles. The third kappa shape index (κ3) is 2.94. The normalized spacial score (nSPS) is 11.7. The summed E-state index contributed by atoms with van der Waals surface area (Å²) in [7, 11) is 0. The minimum absolute atomic E-state index is 0.264. The van der Waals surface area contributed by atoms with Gasteiger partial charge in [0.1, 0.15) is 0 Å². The maximum absolute atomic E-state index is 12.3.